The van der Waals surface area contributed by atoms with Crippen molar-refractivity contribution in [2.24, 2.45) is 0 Å². The van der Waals surface area contributed by atoms with E-state index in [0.29, 0.717) is 31.0 Å². The Labute approximate surface area is 173 Å². The molecule has 0 fully saturated rings. The van der Waals surface area contributed by atoms with Gasteiger partial charge in [-0.05, 0) is 43.2 Å². The van der Waals surface area contributed by atoms with Crippen molar-refractivity contribution in [2.75, 3.05) is 13.7 Å². The third-order valence-corrected chi connectivity index (χ3v) is 5.44. The molecule has 3 rings (SSSR count). The minimum Gasteiger partial charge on any atom is -0.497 e. The molecular formula is C21H21ClN2O3S. The number of aryl methyl sites for hydroxylation is 1. The Balaban J connectivity index is 1.86. The van der Waals surface area contributed by atoms with Crippen LogP contribution in [0.1, 0.15) is 28.8 Å². The highest BCUT2D eigenvalue weighted by Gasteiger charge is 2.16. The van der Waals surface area contributed by atoms with Gasteiger partial charge in [0.2, 0.25) is 0 Å². The number of ether oxygens (including phenoxy) is 2. The number of halogens is 1. The third-order valence-electron chi connectivity index (χ3n) is 4.12. The number of thiazole rings is 1. The predicted molar refractivity (Wildman–Crippen MR) is 111 cm³/mol. The minimum absolute atomic E-state index is 0.202. The fourth-order valence-electron chi connectivity index (χ4n) is 2.79. The maximum absolute atomic E-state index is 11.8. The molecule has 28 heavy (non-hydrogen) atoms. The predicted octanol–water partition coefficient (Wildman–Crippen LogP) is 4.95. The second kappa shape index (κ2) is 9.66. The first-order valence-corrected chi connectivity index (χ1v) is 10.2. The Bertz CT molecular complexity index is 941. The van der Waals surface area contributed by atoms with Crippen LogP contribution in [0.5, 0.6) is 5.75 Å². The summed E-state index contributed by atoms with van der Waals surface area (Å²) in [5.74, 6) is 0.622. The number of esters is 1. The topological polar surface area (TPSA) is 61.3 Å². The Kier molecular flexibility index (Phi) is 7.01. The van der Waals surface area contributed by atoms with Gasteiger partial charge in [-0.2, -0.15) is 0 Å². The molecule has 0 saturated carbocycles. The van der Waals surface area contributed by atoms with Gasteiger partial charge in [0.05, 0.1) is 30.8 Å². The van der Waals surface area contributed by atoms with Crippen molar-refractivity contribution in [2.45, 2.75) is 26.2 Å². The number of carbonyl (C=O) groups excluding carboxylic acids is 1. The lowest BCUT2D eigenvalue weighted by atomic mass is 10.1. The first kappa shape index (κ1) is 20.3. The monoisotopic (exact) mass is 416 g/mol. The van der Waals surface area contributed by atoms with Crippen molar-refractivity contribution in [3.63, 3.8) is 0 Å². The Morgan fingerprint density at radius 2 is 2.00 bits per heavy atom. The van der Waals surface area contributed by atoms with Crippen LogP contribution in [0.15, 0.2) is 42.6 Å². The average Bonchev–Trinajstić information content (AvgIpc) is 3.10. The zero-order valence-corrected chi connectivity index (χ0v) is 17.3. The molecule has 2 aromatic heterocycles. The van der Waals surface area contributed by atoms with Gasteiger partial charge in [0.1, 0.15) is 10.9 Å². The molecule has 1 aromatic carbocycles. The quantitative estimate of drug-likeness (QED) is 0.384. The molecule has 3 aromatic rings. The van der Waals surface area contributed by atoms with E-state index in [-0.39, 0.29) is 5.97 Å². The molecule has 0 aliphatic rings. The molecule has 0 aliphatic carbocycles. The van der Waals surface area contributed by atoms with Crippen LogP contribution in [0, 0.1) is 0 Å². The van der Waals surface area contributed by atoms with Crippen molar-refractivity contribution in [1.29, 1.82) is 0 Å². The van der Waals surface area contributed by atoms with Crippen LogP contribution in [0.4, 0.5) is 0 Å². The summed E-state index contributed by atoms with van der Waals surface area (Å²) in [6, 6.07) is 11.6. The molecular weight excluding hydrogens is 396 g/mol. The summed E-state index contributed by atoms with van der Waals surface area (Å²) in [4.78, 5) is 21.7. The van der Waals surface area contributed by atoms with Crippen molar-refractivity contribution >= 4 is 28.9 Å². The van der Waals surface area contributed by atoms with Gasteiger partial charge in [0.15, 0.2) is 0 Å². The van der Waals surface area contributed by atoms with Gasteiger partial charge >= 0.3 is 5.97 Å². The standard InChI is InChI=1S/C21H21ClN2O3S/c1-3-27-20(25)9-8-17-21(15-10-11-23-18(22)13-15)24-19(28-17)12-14-4-6-16(26-2)7-5-14/h4-7,10-11,13H,3,8-9,12H2,1-2H3. The fraction of sp³-hybridized carbons (Fsp3) is 0.286. The van der Waals surface area contributed by atoms with E-state index in [1.807, 2.05) is 37.3 Å². The molecule has 0 aliphatic heterocycles. The molecule has 2 heterocycles. The van der Waals surface area contributed by atoms with Gasteiger partial charge in [-0.15, -0.1) is 11.3 Å². The number of hydrogen-bond donors (Lipinski definition) is 0. The van der Waals surface area contributed by atoms with E-state index in [4.69, 9.17) is 26.1 Å². The number of benzene rings is 1. The van der Waals surface area contributed by atoms with Crippen LogP contribution >= 0.6 is 22.9 Å². The summed E-state index contributed by atoms with van der Waals surface area (Å²) in [5.41, 5.74) is 2.89. The molecule has 7 heteroatoms. The van der Waals surface area contributed by atoms with Crippen molar-refractivity contribution in [3.05, 3.63) is 63.2 Å². The molecule has 0 unspecified atom stereocenters. The second-order valence-corrected chi connectivity index (χ2v) is 7.63. The van der Waals surface area contributed by atoms with Crippen molar-refractivity contribution in [1.82, 2.24) is 9.97 Å². The number of nitrogens with zero attached hydrogens (tertiary/aromatic N) is 2. The molecule has 0 radical (unpaired) electrons. The van der Waals surface area contributed by atoms with E-state index in [2.05, 4.69) is 4.98 Å². The molecule has 146 valence electrons. The van der Waals surface area contributed by atoms with E-state index in [1.165, 1.54) is 0 Å². The van der Waals surface area contributed by atoms with Gasteiger partial charge in [-0.3, -0.25) is 4.79 Å². The van der Waals surface area contributed by atoms with E-state index >= 15 is 0 Å². The first-order valence-electron chi connectivity index (χ1n) is 8.98. The van der Waals surface area contributed by atoms with Gasteiger partial charge in [0, 0.05) is 23.1 Å². The van der Waals surface area contributed by atoms with E-state index in [9.17, 15) is 4.79 Å². The maximum Gasteiger partial charge on any atom is 0.306 e. The van der Waals surface area contributed by atoms with Gasteiger partial charge in [-0.1, -0.05) is 23.7 Å². The number of methoxy groups -OCH3 is 1. The average molecular weight is 417 g/mol. The third kappa shape index (κ3) is 5.30. The number of aromatic nitrogens is 2. The molecule has 0 spiro atoms. The number of rotatable bonds is 8. The summed E-state index contributed by atoms with van der Waals surface area (Å²) in [6.07, 6.45) is 3.27. The normalized spacial score (nSPS) is 10.7. The Hall–Kier alpha value is -2.44. The molecule has 0 bridgehead atoms. The van der Waals surface area contributed by atoms with E-state index in [0.717, 1.165) is 32.5 Å². The summed E-state index contributed by atoms with van der Waals surface area (Å²) in [7, 11) is 1.65. The molecule has 0 saturated heterocycles. The summed E-state index contributed by atoms with van der Waals surface area (Å²) < 4.78 is 10.3. The highest BCUT2D eigenvalue weighted by atomic mass is 35.5. The molecule has 0 amide bonds. The molecule has 0 atom stereocenters. The largest absolute Gasteiger partial charge is 0.497 e. The highest BCUT2D eigenvalue weighted by Crippen LogP contribution is 2.31. The van der Waals surface area contributed by atoms with Crippen molar-refractivity contribution in [3.8, 4) is 17.0 Å². The lowest BCUT2D eigenvalue weighted by Gasteiger charge is -2.03. The van der Waals surface area contributed by atoms with Crippen LogP contribution in [0.25, 0.3) is 11.3 Å². The highest BCUT2D eigenvalue weighted by molar-refractivity contribution is 7.12. The van der Waals surface area contributed by atoms with Crippen LogP contribution in [0.3, 0.4) is 0 Å². The fourth-order valence-corrected chi connectivity index (χ4v) is 4.09. The zero-order valence-electron chi connectivity index (χ0n) is 15.8. The van der Waals surface area contributed by atoms with Gasteiger partial charge in [0.25, 0.3) is 0 Å². The lowest BCUT2D eigenvalue weighted by molar-refractivity contribution is -0.143. The Morgan fingerprint density at radius 1 is 1.21 bits per heavy atom. The van der Waals surface area contributed by atoms with E-state index in [1.54, 1.807) is 30.7 Å². The minimum atomic E-state index is -0.202. The SMILES string of the molecule is CCOC(=O)CCc1sc(Cc2ccc(OC)cc2)nc1-c1ccnc(Cl)c1. The smallest absolute Gasteiger partial charge is 0.306 e. The van der Waals surface area contributed by atoms with Crippen molar-refractivity contribution < 1.29 is 14.3 Å². The van der Waals surface area contributed by atoms with Crippen LogP contribution < -0.4 is 4.74 Å². The van der Waals surface area contributed by atoms with Gasteiger partial charge < -0.3 is 9.47 Å². The number of carbonyl (C=O) groups is 1. The number of hydrogen-bond acceptors (Lipinski definition) is 6. The molecule has 5 nitrogen and oxygen atoms in total. The van der Waals surface area contributed by atoms with Crippen LogP contribution in [-0.4, -0.2) is 29.7 Å². The van der Waals surface area contributed by atoms with Crippen LogP contribution in [-0.2, 0) is 22.4 Å². The second-order valence-electron chi connectivity index (χ2n) is 6.08. The summed E-state index contributed by atoms with van der Waals surface area (Å²) in [6.45, 7) is 2.19. The Morgan fingerprint density at radius 3 is 2.68 bits per heavy atom. The maximum atomic E-state index is 11.8. The lowest BCUT2D eigenvalue weighted by Crippen LogP contribution is -2.05. The number of pyridine rings is 1. The van der Waals surface area contributed by atoms with Gasteiger partial charge in [-0.25, -0.2) is 9.97 Å². The summed E-state index contributed by atoms with van der Waals surface area (Å²) >= 11 is 7.67. The molecule has 0 N–H and O–H groups in total. The first-order chi connectivity index (χ1) is 13.6. The summed E-state index contributed by atoms with van der Waals surface area (Å²) in [5, 5.41) is 1.39. The van der Waals surface area contributed by atoms with Crippen LogP contribution in [0.2, 0.25) is 5.15 Å². The zero-order chi connectivity index (χ0) is 19.9. The van der Waals surface area contributed by atoms with E-state index < -0.39 is 0 Å².